The van der Waals surface area contributed by atoms with Crippen molar-refractivity contribution in [2.45, 2.75) is 18.9 Å². The van der Waals surface area contributed by atoms with E-state index >= 15 is 0 Å². The highest BCUT2D eigenvalue weighted by atomic mass is 16.5. The van der Waals surface area contributed by atoms with Gasteiger partial charge in [-0.2, -0.15) is 0 Å². The zero-order valence-corrected chi connectivity index (χ0v) is 12.6. The van der Waals surface area contributed by atoms with E-state index in [0.29, 0.717) is 48.7 Å². The van der Waals surface area contributed by atoms with Crippen LogP contribution in [0.4, 0.5) is 0 Å². The van der Waals surface area contributed by atoms with Gasteiger partial charge in [0.05, 0.1) is 27.4 Å². The summed E-state index contributed by atoms with van der Waals surface area (Å²) in [7, 11) is 4.56. The summed E-state index contributed by atoms with van der Waals surface area (Å²) in [4.78, 5) is 14.3. The second-order valence-electron chi connectivity index (χ2n) is 4.94. The van der Waals surface area contributed by atoms with Gasteiger partial charge in [0.2, 0.25) is 5.75 Å². The van der Waals surface area contributed by atoms with Crippen LogP contribution in [0.1, 0.15) is 23.2 Å². The van der Waals surface area contributed by atoms with Crippen LogP contribution in [0.25, 0.3) is 0 Å². The molecule has 6 heteroatoms. The number of aliphatic hydroxyl groups is 1. The maximum absolute atomic E-state index is 12.5. The highest BCUT2D eigenvalue weighted by Crippen LogP contribution is 2.38. The van der Waals surface area contributed by atoms with E-state index in [1.54, 1.807) is 17.0 Å². The lowest BCUT2D eigenvalue weighted by Gasteiger charge is -2.30. The molecule has 116 valence electrons. The Morgan fingerprint density at radius 3 is 2.05 bits per heavy atom. The molecule has 1 fully saturated rings. The third-order valence-electron chi connectivity index (χ3n) is 3.66. The number of likely N-dealkylation sites (tertiary alicyclic amines) is 1. The standard InChI is InChI=1S/C15H21NO5/c1-19-12-8-10(9-13(20-2)14(12)21-3)15(18)16-6-4-11(17)5-7-16/h8-9,11,17H,4-7H2,1-3H3. The summed E-state index contributed by atoms with van der Waals surface area (Å²) >= 11 is 0. The quantitative estimate of drug-likeness (QED) is 0.907. The molecule has 2 rings (SSSR count). The first-order valence-corrected chi connectivity index (χ1v) is 6.88. The van der Waals surface area contributed by atoms with E-state index < -0.39 is 0 Å². The lowest BCUT2D eigenvalue weighted by molar-refractivity contribution is 0.0546. The van der Waals surface area contributed by atoms with Crippen LogP contribution in [0.2, 0.25) is 0 Å². The zero-order valence-electron chi connectivity index (χ0n) is 12.6. The van der Waals surface area contributed by atoms with Gasteiger partial charge >= 0.3 is 0 Å². The van der Waals surface area contributed by atoms with Gasteiger partial charge in [-0.05, 0) is 25.0 Å². The van der Waals surface area contributed by atoms with E-state index in [9.17, 15) is 9.90 Å². The lowest BCUT2D eigenvalue weighted by Crippen LogP contribution is -2.40. The van der Waals surface area contributed by atoms with Crippen molar-refractivity contribution in [1.82, 2.24) is 4.90 Å². The number of hydrogen-bond donors (Lipinski definition) is 1. The topological polar surface area (TPSA) is 68.2 Å². The highest BCUT2D eigenvalue weighted by Gasteiger charge is 2.24. The highest BCUT2D eigenvalue weighted by molar-refractivity contribution is 5.95. The summed E-state index contributed by atoms with van der Waals surface area (Å²) in [6.45, 7) is 1.10. The van der Waals surface area contributed by atoms with Gasteiger partial charge in [-0.25, -0.2) is 0 Å². The van der Waals surface area contributed by atoms with Gasteiger partial charge in [-0.15, -0.1) is 0 Å². The van der Waals surface area contributed by atoms with Gasteiger partial charge in [-0.1, -0.05) is 0 Å². The number of hydrogen-bond acceptors (Lipinski definition) is 5. The summed E-state index contributed by atoms with van der Waals surface area (Å²) in [5, 5.41) is 9.52. The van der Waals surface area contributed by atoms with Crippen molar-refractivity contribution in [2.24, 2.45) is 0 Å². The predicted octanol–water partition coefficient (Wildman–Crippen LogP) is 1.31. The fourth-order valence-electron chi connectivity index (χ4n) is 2.46. The number of amides is 1. The Morgan fingerprint density at radius 2 is 1.62 bits per heavy atom. The van der Waals surface area contributed by atoms with Gasteiger partial charge in [-0.3, -0.25) is 4.79 Å². The molecule has 21 heavy (non-hydrogen) atoms. The Labute approximate surface area is 124 Å². The number of carbonyl (C=O) groups excluding carboxylic acids is 1. The zero-order chi connectivity index (χ0) is 15.4. The molecule has 1 aliphatic rings. The first-order valence-electron chi connectivity index (χ1n) is 6.88. The maximum atomic E-state index is 12.5. The minimum Gasteiger partial charge on any atom is -0.493 e. The van der Waals surface area contributed by atoms with E-state index in [1.165, 1.54) is 21.3 Å². The number of nitrogens with zero attached hydrogens (tertiary/aromatic N) is 1. The predicted molar refractivity (Wildman–Crippen MR) is 77.2 cm³/mol. The molecule has 1 heterocycles. The Kier molecular flexibility index (Phi) is 4.90. The number of piperidine rings is 1. The molecular weight excluding hydrogens is 274 g/mol. The molecule has 0 aromatic heterocycles. The molecule has 0 radical (unpaired) electrons. The average Bonchev–Trinajstić information content (AvgIpc) is 2.53. The van der Waals surface area contributed by atoms with Crippen LogP contribution in [0.5, 0.6) is 17.2 Å². The van der Waals surface area contributed by atoms with E-state index in [2.05, 4.69) is 0 Å². The minimum absolute atomic E-state index is 0.0962. The molecule has 0 spiro atoms. The molecule has 0 unspecified atom stereocenters. The first-order chi connectivity index (χ1) is 10.1. The van der Waals surface area contributed by atoms with Crippen molar-refractivity contribution in [3.8, 4) is 17.2 Å². The maximum Gasteiger partial charge on any atom is 0.254 e. The summed E-state index contributed by atoms with van der Waals surface area (Å²) in [5.74, 6) is 1.28. The lowest BCUT2D eigenvalue weighted by atomic mass is 10.1. The average molecular weight is 295 g/mol. The van der Waals surface area contributed by atoms with Crippen molar-refractivity contribution in [1.29, 1.82) is 0 Å². The van der Waals surface area contributed by atoms with Gasteiger partial charge in [0, 0.05) is 18.7 Å². The van der Waals surface area contributed by atoms with Crippen molar-refractivity contribution in [3.05, 3.63) is 17.7 Å². The van der Waals surface area contributed by atoms with Crippen LogP contribution in [0.3, 0.4) is 0 Å². The van der Waals surface area contributed by atoms with Gasteiger partial charge in [0.25, 0.3) is 5.91 Å². The summed E-state index contributed by atoms with van der Waals surface area (Å²) in [6, 6.07) is 3.30. The van der Waals surface area contributed by atoms with Crippen LogP contribution in [0, 0.1) is 0 Å². The van der Waals surface area contributed by atoms with E-state index in [-0.39, 0.29) is 12.0 Å². The third kappa shape index (κ3) is 3.21. The Morgan fingerprint density at radius 1 is 1.10 bits per heavy atom. The molecule has 6 nitrogen and oxygen atoms in total. The largest absolute Gasteiger partial charge is 0.493 e. The van der Waals surface area contributed by atoms with Crippen LogP contribution in [-0.4, -0.2) is 56.4 Å². The molecule has 1 aliphatic heterocycles. The molecule has 0 saturated carbocycles. The normalized spacial score (nSPS) is 15.7. The monoisotopic (exact) mass is 295 g/mol. The molecule has 0 atom stereocenters. The van der Waals surface area contributed by atoms with Crippen molar-refractivity contribution in [2.75, 3.05) is 34.4 Å². The van der Waals surface area contributed by atoms with Crippen LogP contribution < -0.4 is 14.2 Å². The smallest absolute Gasteiger partial charge is 0.254 e. The summed E-state index contributed by atoms with van der Waals surface area (Å²) in [5.41, 5.74) is 0.487. The van der Waals surface area contributed by atoms with Gasteiger partial charge in [0.15, 0.2) is 11.5 Å². The number of rotatable bonds is 4. The molecule has 1 aromatic rings. The SMILES string of the molecule is COc1cc(C(=O)N2CCC(O)CC2)cc(OC)c1OC. The second kappa shape index (κ2) is 6.67. The fourth-order valence-corrected chi connectivity index (χ4v) is 2.46. The number of benzene rings is 1. The van der Waals surface area contributed by atoms with Crippen LogP contribution >= 0.6 is 0 Å². The third-order valence-corrected chi connectivity index (χ3v) is 3.66. The summed E-state index contributed by atoms with van der Waals surface area (Å²) < 4.78 is 15.8. The number of carbonyl (C=O) groups is 1. The summed E-state index contributed by atoms with van der Waals surface area (Å²) in [6.07, 6.45) is 0.903. The molecule has 1 amide bonds. The Balaban J connectivity index is 2.28. The number of methoxy groups -OCH3 is 3. The molecular formula is C15H21NO5. The van der Waals surface area contributed by atoms with Crippen LogP contribution in [-0.2, 0) is 0 Å². The Bertz CT molecular complexity index is 484. The van der Waals surface area contributed by atoms with E-state index in [1.807, 2.05) is 0 Å². The minimum atomic E-state index is -0.311. The second-order valence-corrected chi connectivity index (χ2v) is 4.94. The molecule has 1 N–H and O–H groups in total. The number of aliphatic hydroxyl groups excluding tert-OH is 1. The molecule has 0 bridgehead atoms. The van der Waals surface area contributed by atoms with Crippen molar-refractivity contribution < 1.29 is 24.1 Å². The van der Waals surface area contributed by atoms with Gasteiger partial charge < -0.3 is 24.2 Å². The first kappa shape index (κ1) is 15.4. The van der Waals surface area contributed by atoms with E-state index in [4.69, 9.17) is 14.2 Å². The Hall–Kier alpha value is -1.95. The molecule has 1 saturated heterocycles. The number of ether oxygens (including phenoxy) is 3. The van der Waals surface area contributed by atoms with Crippen molar-refractivity contribution in [3.63, 3.8) is 0 Å². The van der Waals surface area contributed by atoms with Crippen molar-refractivity contribution >= 4 is 5.91 Å². The van der Waals surface area contributed by atoms with E-state index in [0.717, 1.165) is 0 Å². The van der Waals surface area contributed by atoms with Gasteiger partial charge in [0.1, 0.15) is 0 Å². The molecule has 0 aliphatic carbocycles. The fraction of sp³-hybridized carbons (Fsp3) is 0.533. The van der Waals surface area contributed by atoms with Crippen LogP contribution in [0.15, 0.2) is 12.1 Å². The molecule has 1 aromatic carbocycles.